The number of unbranched alkanes of at least 4 members (excludes halogenated alkanes) is 1. The van der Waals surface area contributed by atoms with Gasteiger partial charge >= 0.3 is 0 Å². The first-order valence-corrected chi connectivity index (χ1v) is 11.6. The number of methoxy groups -OCH3 is 1. The van der Waals surface area contributed by atoms with Gasteiger partial charge in [0.15, 0.2) is 16.7 Å². The van der Waals surface area contributed by atoms with Crippen molar-refractivity contribution in [2.45, 2.75) is 40.0 Å². The summed E-state index contributed by atoms with van der Waals surface area (Å²) in [5.41, 5.74) is 2.97. The predicted octanol–water partition coefficient (Wildman–Crippen LogP) is 6.06. The van der Waals surface area contributed by atoms with Gasteiger partial charge in [0.1, 0.15) is 0 Å². The first-order valence-electron chi connectivity index (χ1n) is 10.8. The number of nitrogens with zero attached hydrogens (tertiary/aromatic N) is 2. The zero-order valence-corrected chi connectivity index (χ0v) is 19.5. The monoisotopic (exact) mass is 438 g/mol. The molecule has 31 heavy (non-hydrogen) atoms. The van der Waals surface area contributed by atoms with Gasteiger partial charge in [0.25, 0.3) is 5.91 Å². The van der Waals surface area contributed by atoms with Gasteiger partial charge in [-0.05, 0) is 66.9 Å². The van der Waals surface area contributed by atoms with Crippen molar-refractivity contribution in [2.24, 2.45) is 4.99 Å². The van der Waals surface area contributed by atoms with Crippen LogP contribution in [0.3, 0.4) is 0 Å². The average Bonchev–Trinajstić information content (AvgIpc) is 3.08. The third kappa shape index (κ3) is 5.50. The highest BCUT2D eigenvalue weighted by Gasteiger charge is 2.32. The van der Waals surface area contributed by atoms with Gasteiger partial charge in [0.05, 0.1) is 24.3 Å². The number of aryl methyl sites for hydroxylation is 1. The van der Waals surface area contributed by atoms with E-state index in [4.69, 9.17) is 14.5 Å². The minimum atomic E-state index is -0.0255. The number of aliphatic imine (C=N–C) groups is 1. The molecule has 1 heterocycles. The van der Waals surface area contributed by atoms with Crippen LogP contribution in [0.2, 0.25) is 0 Å². The van der Waals surface area contributed by atoms with E-state index in [0.29, 0.717) is 29.0 Å². The molecule has 0 saturated carbocycles. The Hall–Kier alpha value is -2.73. The molecule has 1 fully saturated rings. The minimum absolute atomic E-state index is 0.0255. The van der Waals surface area contributed by atoms with Crippen molar-refractivity contribution in [3.05, 3.63) is 58.5 Å². The van der Waals surface area contributed by atoms with E-state index in [1.54, 1.807) is 12.0 Å². The van der Waals surface area contributed by atoms with Crippen LogP contribution >= 0.6 is 11.8 Å². The third-order valence-electron chi connectivity index (χ3n) is 5.03. The molecule has 164 valence electrons. The van der Waals surface area contributed by atoms with Crippen LogP contribution < -0.4 is 9.47 Å². The minimum Gasteiger partial charge on any atom is -0.493 e. The van der Waals surface area contributed by atoms with Crippen molar-refractivity contribution in [1.82, 2.24) is 4.90 Å². The Morgan fingerprint density at radius 1 is 1.10 bits per heavy atom. The molecule has 3 rings (SSSR count). The zero-order chi connectivity index (χ0) is 22.2. The number of thioether (sulfide) groups is 1. The predicted molar refractivity (Wildman–Crippen MR) is 129 cm³/mol. The van der Waals surface area contributed by atoms with Crippen molar-refractivity contribution in [2.75, 3.05) is 20.3 Å². The van der Waals surface area contributed by atoms with Crippen LogP contribution in [0.25, 0.3) is 6.08 Å². The lowest BCUT2D eigenvalue weighted by atomic mass is 10.1. The number of hydrogen-bond acceptors (Lipinski definition) is 5. The van der Waals surface area contributed by atoms with Crippen LogP contribution in [0.4, 0.5) is 5.69 Å². The number of likely N-dealkylation sites (N-methyl/N-ethyl adjacent to an activating group) is 1. The molecule has 0 unspecified atom stereocenters. The average molecular weight is 439 g/mol. The number of amides is 1. The lowest BCUT2D eigenvalue weighted by Crippen LogP contribution is -2.28. The second kappa shape index (κ2) is 11.0. The Morgan fingerprint density at radius 3 is 2.61 bits per heavy atom. The highest BCUT2D eigenvalue weighted by Crippen LogP contribution is 2.36. The second-order valence-corrected chi connectivity index (χ2v) is 8.16. The number of hydrogen-bond donors (Lipinski definition) is 0. The van der Waals surface area contributed by atoms with Crippen molar-refractivity contribution in [3.8, 4) is 11.5 Å². The standard InChI is InChI=1S/C25H30N2O3S/c1-5-8-15-30-21-14-13-18(16-22(21)29-4)17-23-24(28)27(7-3)25(31-23)26-20-12-10-9-11-19(20)6-2/h9-14,16-17H,5-8,15H2,1-4H3/b23-17+,26-25?. The Kier molecular flexibility index (Phi) is 8.18. The molecule has 0 atom stereocenters. The number of benzene rings is 2. The fraction of sp³-hybridized carbons (Fsp3) is 0.360. The van der Waals surface area contributed by atoms with Crippen LogP contribution in [-0.2, 0) is 11.2 Å². The zero-order valence-electron chi connectivity index (χ0n) is 18.7. The number of ether oxygens (including phenoxy) is 2. The Labute approximate surface area is 189 Å². The molecule has 6 heteroatoms. The van der Waals surface area contributed by atoms with E-state index in [1.165, 1.54) is 17.3 Å². The Balaban J connectivity index is 1.87. The van der Waals surface area contributed by atoms with Gasteiger partial charge < -0.3 is 9.47 Å². The molecule has 2 aromatic carbocycles. The van der Waals surface area contributed by atoms with Gasteiger partial charge in [0.2, 0.25) is 0 Å². The Bertz CT molecular complexity index is 984. The smallest absolute Gasteiger partial charge is 0.266 e. The van der Waals surface area contributed by atoms with Crippen LogP contribution in [0.5, 0.6) is 11.5 Å². The quantitative estimate of drug-likeness (QED) is 0.353. The molecule has 0 bridgehead atoms. The second-order valence-electron chi connectivity index (χ2n) is 7.15. The van der Waals surface area contributed by atoms with Gasteiger partial charge in [-0.15, -0.1) is 0 Å². The summed E-state index contributed by atoms with van der Waals surface area (Å²) in [5, 5.41) is 0.714. The van der Waals surface area contributed by atoms with E-state index in [2.05, 4.69) is 19.9 Å². The van der Waals surface area contributed by atoms with Gasteiger partial charge in [-0.25, -0.2) is 4.99 Å². The number of carbonyl (C=O) groups is 1. The molecule has 5 nitrogen and oxygen atoms in total. The summed E-state index contributed by atoms with van der Waals surface area (Å²) in [7, 11) is 1.63. The molecule has 0 aliphatic carbocycles. The van der Waals surface area contributed by atoms with Gasteiger partial charge in [-0.3, -0.25) is 9.69 Å². The summed E-state index contributed by atoms with van der Waals surface area (Å²) < 4.78 is 11.3. The highest BCUT2D eigenvalue weighted by molar-refractivity contribution is 8.18. The Morgan fingerprint density at radius 2 is 1.90 bits per heavy atom. The summed E-state index contributed by atoms with van der Waals surface area (Å²) >= 11 is 1.41. The molecule has 1 aliphatic rings. The normalized spacial score (nSPS) is 16.4. The van der Waals surface area contributed by atoms with E-state index in [1.807, 2.05) is 49.4 Å². The van der Waals surface area contributed by atoms with Gasteiger partial charge in [0, 0.05) is 6.54 Å². The van der Waals surface area contributed by atoms with E-state index >= 15 is 0 Å². The number of amidine groups is 1. The molecular formula is C25H30N2O3S. The fourth-order valence-corrected chi connectivity index (χ4v) is 4.32. The van der Waals surface area contributed by atoms with E-state index in [0.717, 1.165) is 36.3 Å². The molecular weight excluding hydrogens is 408 g/mol. The lowest BCUT2D eigenvalue weighted by Gasteiger charge is -2.13. The maximum Gasteiger partial charge on any atom is 0.266 e. The van der Waals surface area contributed by atoms with Crippen LogP contribution in [0.15, 0.2) is 52.4 Å². The van der Waals surface area contributed by atoms with Crippen molar-refractivity contribution in [1.29, 1.82) is 0 Å². The summed E-state index contributed by atoms with van der Waals surface area (Å²) in [5.74, 6) is 1.36. The van der Waals surface area contributed by atoms with Crippen molar-refractivity contribution < 1.29 is 14.3 Å². The molecule has 1 aliphatic heterocycles. The first-order chi connectivity index (χ1) is 15.1. The largest absolute Gasteiger partial charge is 0.493 e. The van der Waals surface area contributed by atoms with E-state index in [9.17, 15) is 4.79 Å². The van der Waals surface area contributed by atoms with Crippen LogP contribution in [-0.4, -0.2) is 36.2 Å². The number of rotatable bonds is 9. The van der Waals surface area contributed by atoms with E-state index in [-0.39, 0.29) is 5.91 Å². The first kappa shape index (κ1) is 22.9. The molecule has 0 aromatic heterocycles. The lowest BCUT2D eigenvalue weighted by molar-refractivity contribution is -0.122. The summed E-state index contributed by atoms with van der Waals surface area (Å²) in [6, 6.07) is 13.8. The summed E-state index contributed by atoms with van der Waals surface area (Å²) in [4.78, 5) is 20.2. The van der Waals surface area contributed by atoms with Gasteiger partial charge in [-0.2, -0.15) is 0 Å². The topological polar surface area (TPSA) is 51.1 Å². The van der Waals surface area contributed by atoms with Crippen molar-refractivity contribution >= 4 is 34.6 Å². The third-order valence-corrected chi connectivity index (χ3v) is 6.04. The van der Waals surface area contributed by atoms with E-state index < -0.39 is 0 Å². The summed E-state index contributed by atoms with van der Waals surface area (Å²) in [6.45, 7) is 7.44. The number of carbonyl (C=O) groups excluding carboxylic acids is 1. The molecule has 0 N–H and O–H groups in total. The van der Waals surface area contributed by atoms with Gasteiger partial charge in [-0.1, -0.05) is 44.5 Å². The van der Waals surface area contributed by atoms with Crippen molar-refractivity contribution in [3.63, 3.8) is 0 Å². The molecule has 0 spiro atoms. The van der Waals surface area contributed by atoms with Crippen LogP contribution in [0.1, 0.15) is 44.7 Å². The fourth-order valence-electron chi connectivity index (χ4n) is 3.26. The maximum absolute atomic E-state index is 13.0. The highest BCUT2D eigenvalue weighted by atomic mass is 32.2. The number of para-hydroxylation sites is 1. The molecule has 0 radical (unpaired) electrons. The molecule has 1 amide bonds. The van der Waals surface area contributed by atoms with Crippen LogP contribution in [0, 0.1) is 0 Å². The maximum atomic E-state index is 13.0. The molecule has 2 aromatic rings. The molecule has 1 saturated heterocycles. The summed E-state index contributed by atoms with van der Waals surface area (Å²) in [6.07, 6.45) is 4.86. The SMILES string of the molecule is CCCCOc1ccc(/C=C2/SC(=Nc3ccccc3CC)N(CC)C2=O)cc1OC.